The molecule has 50 heavy (non-hydrogen) atoms. The number of nitrogens with zero attached hydrogens (tertiary/aromatic N) is 5. The second kappa shape index (κ2) is 13.1. The molecule has 232 valence electrons. The van der Waals surface area contributed by atoms with Gasteiger partial charge in [0.15, 0.2) is 28.8 Å². The fourth-order valence-electron chi connectivity index (χ4n) is 6.19. The predicted octanol–water partition coefficient (Wildman–Crippen LogP) is 12.1. The van der Waals surface area contributed by atoms with Crippen LogP contribution in [0.4, 0.5) is 11.4 Å². The van der Waals surface area contributed by atoms with Gasteiger partial charge in [-0.05, 0) is 50.2 Å². The van der Waals surface area contributed by atoms with Gasteiger partial charge in [-0.1, -0.05) is 158 Å². The third-order valence-corrected chi connectivity index (χ3v) is 8.75. The highest BCUT2D eigenvalue weighted by molar-refractivity contribution is 5.99. The molecule has 0 amide bonds. The first kappa shape index (κ1) is 30.1. The van der Waals surface area contributed by atoms with E-state index < -0.39 is 0 Å². The van der Waals surface area contributed by atoms with Gasteiger partial charge in [0.1, 0.15) is 0 Å². The fourth-order valence-corrected chi connectivity index (χ4v) is 6.19. The minimum absolute atomic E-state index is 0.467. The van der Waals surface area contributed by atoms with Crippen molar-refractivity contribution in [3.8, 4) is 67.5 Å². The first-order valence-corrected chi connectivity index (χ1v) is 16.2. The van der Waals surface area contributed by atoms with Gasteiger partial charge in [0.25, 0.3) is 0 Å². The summed E-state index contributed by atoms with van der Waals surface area (Å²) in [6.45, 7) is 14.8. The van der Waals surface area contributed by atoms with Gasteiger partial charge < -0.3 is 0 Å². The van der Waals surface area contributed by atoms with Gasteiger partial charge >= 0.3 is 0 Å². The molecule has 8 aromatic rings. The summed E-state index contributed by atoms with van der Waals surface area (Å²) in [5.74, 6) is 1.90. The third-order valence-electron chi connectivity index (χ3n) is 8.75. The molecular formula is C45H27N5. The normalized spacial score (nSPS) is 10.8. The van der Waals surface area contributed by atoms with Crippen LogP contribution in [0.5, 0.6) is 0 Å². The number of hydrogen-bond donors (Lipinski definition) is 0. The maximum absolute atomic E-state index is 7.42. The van der Waals surface area contributed by atoms with E-state index in [0.29, 0.717) is 28.8 Å². The Labute approximate surface area is 290 Å². The molecule has 7 aromatic carbocycles. The van der Waals surface area contributed by atoms with Crippen molar-refractivity contribution >= 4 is 22.1 Å². The molecule has 1 heterocycles. The quantitative estimate of drug-likeness (QED) is 0.170. The smallest absolute Gasteiger partial charge is 0.177 e. The Hall–Kier alpha value is -7.21. The van der Waals surface area contributed by atoms with E-state index in [-0.39, 0.29) is 0 Å². The lowest BCUT2D eigenvalue weighted by Gasteiger charge is -2.12. The molecule has 5 nitrogen and oxygen atoms in total. The van der Waals surface area contributed by atoms with Crippen molar-refractivity contribution in [2.45, 2.75) is 0 Å². The van der Waals surface area contributed by atoms with Crippen LogP contribution in [-0.4, -0.2) is 15.0 Å². The van der Waals surface area contributed by atoms with Gasteiger partial charge in [0.05, 0.1) is 13.1 Å². The van der Waals surface area contributed by atoms with Gasteiger partial charge in [-0.25, -0.2) is 24.6 Å². The van der Waals surface area contributed by atoms with Gasteiger partial charge in [-0.15, -0.1) is 0 Å². The average molecular weight is 638 g/mol. The van der Waals surface area contributed by atoms with Crippen molar-refractivity contribution in [1.29, 1.82) is 0 Å². The topological polar surface area (TPSA) is 47.4 Å². The van der Waals surface area contributed by atoms with E-state index in [1.165, 1.54) is 0 Å². The number of rotatable bonds is 6. The summed E-state index contributed by atoms with van der Waals surface area (Å²) in [7, 11) is 0. The summed E-state index contributed by atoms with van der Waals surface area (Å²) < 4.78 is 0. The van der Waals surface area contributed by atoms with Gasteiger partial charge in [-0.3, -0.25) is 0 Å². The van der Waals surface area contributed by atoms with E-state index in [0.717, 1.165) is 60.8 Å². The SMILES string of the molecule is [C-]#[N+]c1cc([N+]#[C-])cc(-c2ccc(-c3cccc4ccc(-c5ccc(-c6nc(-c7ccccc7)nc(-c7ccccc7)n6)cc5)cc34)cc2)c1. The molecule has 0 atom stereocenters. The summed E-state index contributed by atoms with van der Waals surface area (Å²) in [5, 5.41) is 2.31. The Morgan fingerprint density at radius 1 is 0.340 bits per heavy atom. The van der Waals surface area contributed by atoms with E-state index in [4.69, 9.17) is 28.1 Å². The first-order valence-electron chi connectivity index (χ1n) is 16.2. The van der Waals surface area contributed by atoms with Crippen LogP contribution in [0.15, 0.2) is 164 Å². The zero-order chi connectivity index (χ0) is 33.9. The Morgan fingerprint density at radius 3 is 1.34 bits per heavy atom. The van der Waals surface area contributed by atoms with E-state index in [1.54, 1.807) is 6.07 Å². The van der Waals surface area contributed by atoms with E-state index in [2.05, 4.69) is 94.6 Å². The molecule has 0 aliphatic heterocycles. The molecule has 0 fully saturated rings. The Balaban J connectivity index is 1.13. The molecule has 0 N–H and O–H groups in total. The molecule has 1 aromatic heterocycles. The Kier molecular flexibility index (Phi) is 7.91. The second-order valence-electron chi connectivity index (χ2n) is 11.9. The van der Waals surface area contributed by atoms with Gasteiger partial charge in [0, 0.05) is 16.7 Å². The highest BCUT2D eigenvalue weighted by atomic mass is 15.0. The molecule has 5 heteroatoms. The highest BCUT2D eigenvalue weighted by Gasteiger charge is 2.13. The molecule has 8 rings (SSSR count). The number of benzene rings is 7. The molecule has 0 saturated heterocycles. The van der Waals surface area contributed by atoms with Crippen LogP contribution in [-0.2, 0) is 0 Å². The van der Waals surface area contributed by atoms with Gasteiger partial charge in [-0.2, -0.15) is 0 Å². The minimum Gasteiger partial charge on any atom is -0.239 e. The number of hydrogen-bond acceptors (Lipinski definition) is 3. The standard InChI is InChI=1S/C45H27N5/c1-46-39-26-38(27-40(29-39)47-2)31-16-20-33(21-17-31)41-15-9-14-32-22-25-37(28-42(32)41)30-18-23-36(24-19-30)45-49-43(34-10-5-3-6-11-34)48-44(50-45)35-12-7-4-8-13-35/h3-29H. The molecule has 0 radical (unpaired) electrons. The van der Waals surface area contributed by atoms with E-state index in [9.17, 15) is 0 Å². The highest BCUT2D eigenvalue weighted by Crippen LogP contribution is 2.36. The summed E-state index contributed by atoms with van der Waals surface area (Å²) in [6, 6.07) is 54.9. The maximum Gasteiger partial charge on any atom is 0.177 e. The minimum atomic E-state index is 0.467. The molecular weight excluding hydrogens is 611 g/mol. The molecule has 0 saturated carbocycles. The number of aromatic nitrogens is 3. The van der Waals surface area contributed by atoms with E-state index >= 15 is 0 Å². The number of fused-ring (bicyclic) bond motifs is 1. The summed E-state index contributed by atoms with van der Waals surface area (Å²) in [6.07, 6.45) is 0. The lowest BCUT2D eigenvalue weighted by molar-refractivity contribution is 1.07. The van der Waals surface area contributed by atoms with Crippen LogP contribution in [0.25, 0.3) is 88.0 Å². The van der Waals surface area contributed by atoms with Crippen LogP contribution < -0.4 is 0 Å². The summed E-state index contributed by atoms with van der Waals surface area (Å²) >= 11 is 0. The first-order chi connectivity index (χ1) is 24.6. The lowest BCUT2D eigenvalue weighted by atomic mass is 9.93. The second-order valence-corrected chi connectivity index (χ2v) is 11.9. The summed E-state index contributed by atoms with van der Waals surface area (Å²) in [5.41, 5.74) is 10.00. The van der Waals surface area contributed by atoms with Crippen molar-refractivity contribution in [3.63, 3.8) is 0 Å². The maximum atomic E-state index is 7.42. The van der Waals surface area contributed by atoms with Crippen molar-refractivity contribution in [2.75, 3.05) is 0 Å². The predicted molar refractivity (Wildman–Crippen MR) is 202 cm³/mol. The van der Waals surface area contributed by atoms with Crippen LogP contribution in [0.2, 0.25) is 0 Å². The molecule has 0 aliphatic carbocycles. The van der Waals surface area contributed by atoms with Crippen molar-refractivity contribution in [3.05, 3.63) is 187 Å². The van der Waals surface area contributed by atoms with Crippen LogP contribution in [0.3, 0.4) is 0 Å². The van der Waals surface area contributed by atoms with Gasteiger partial charge in [0.2, 0.25) is 0 Å². The summed E-state index contributed by atoms with van der Waals surface area (Å²) in [4.78, 5) is 21.7. The molecule has 0 unspecified atom stereocenters. The largest absolute Gasteiger partial charge is 0.239 e. The van der Waals surface area contributed by atoms with Crippen LogP contribution >= 0.6 is 0 Å². The van der Waals surface area contributed by atoms with Crippen molar-refractivity contribution in [1.82, 2.24) is 15.0 Å². The van der Waals surface area contributed by atoms with Crippen molar-refractivity contribution in [2.24, 2.45) is 0 Å². The Bertz CT molecular complexity index is 2490. The monoisotopic (exact) mass is 637 g/mol. The zero-order valence-electron chi connectivity index (χ0n) is 26.8. The molecule has 0 spiro atoms. The fraction of sp³-hybridized carbons (Fsp3) is 0. The zero-order valence-corrected chi connectivity index (χ0v) is 26.8. The van der Waals surface area contributed by atoms with Crippen LogP contribution in [0.1, 0.15) is 0 Å². The third kappa shape index (κ3) is 6.00. The Morgan fingerprint density at radius 2 is 0.800 bits per heavy atom. The average Bonchev–Trinajstić information content (AvgIpc) is 3.20. The van der Waals surface area contributed by atoms with E-state index in [1.807, 2.05) is 72.8 Å². The van der Waals surface area contributed by atoms with Crippen LogP contribution in [0, 0.1) is 13.1 Å². The molecule has 0 bridgehead atoms. The molecule has 0 aliphatic rings. The van der Waals surface area contributed by atoms with Crippen molar-refractivity contribution < 1.29 is 0 Å². The lowest BCUT2D eigenvalue weighted by Crippen LogP contribution is -2.00.